The van der Waals surface area contributed by atoms with Crippen molar-refractivity contribution in [2.75, 3.05) is 18.4 Å². The van der Waals surface area contributed by atoms with E-state index in [0.29, 0.717) is 13.1 Å². The highest BCUT2D eigenvalue weighted by Crippen LogP contribution is 2.15. The van der Waals surface area contributed by atoms with Gasteiger partial charge in [0.2, 0.25) is 5.91 Å². The summed E-state index contributed by atoms with van der Waals surface area (Å²) in [6.45, 7) is 9.22. The number of para-hydroxylation sites is 1. The molecule has 0 saturated heterocycles. The Morgan fingerprint density at radius 1 is 1.14 bits per heavy atom. The lowest BCUT2D eigenvalue weighted by molar-refractivity contribution is -0.132. The van der Waals surface area contributed by atoms with Gasteiger partial charge in [-0.05, 0) is 51.0 Å². The van der Waals surface area contributed by atoms with Crippen molar-refractivity contribution in [3.63, 3.8) is 0 Å². The van der Waals surface area contributed by atoms with Crippen LogP contribution >= 0.6 is 0 Å². The van der Waals surface area contributed by atoms with Gasteiger partial charge in [0.1, 0.15) is 6.54 Å². The Hall–Kier alpha value is -2.76. The third-order valence-corrected chi connectivity index (χ3v) is 5.11. The lowest BCUT2D eigenvalue weighted by atomic mass is 10.2. The molecule has 0 aliphatic carbocycles. The van der Waals surface area contributed by atoms with Crippen molar-refractivity contribution in [3.8, 4) is 0 Å². The van der Waals surface area contributed by atoms with Crippen LogP contribution in [0, 0.1) is 6.92 Å². The summed E-state index contributed by atoms with van der Waals surface area (Å²) in [7, 11) is 1.98. The van der Waals surface area contributed by atoms with E-state index in [1.165, 1.54) is 0 Å². The number of carbonyl (C=O) groups is 2. The number of nitrogens with one attached hydrogen (secondary N) is 1. The van der Waals surface area contributed by atoms with Crippen LogP contribution in [-0.4, -0.2) is 45.4 Å². The summed E-state index contributed by atoms with van der Waals surface area (Å²) >= 11 is 0. The fraction of sp³-hybridized carbons (Fsp3) is 0.478. The molecule has 2 aromatic rings. The number of anilines is 1. The number of aryl methyl sites for hydroxylation is 2. The van der Waals surface area contributed by atoms with Gasteiger partial charge in [-0.2, -0.15) is 0 Å². The zero-order valence-electron chi connectivity index (χ0n) is 18.3. The smallest absolute Gasteiger partial charge is 0.322 e. The minimum Gasteiger partial charge on any atom is -0.353 e. The van der Waals surface area contributed by atoms with Crippen molar-refractivity contribution in [1.29, 1.82) is 0 Å². The molecule has 0 fully saturated rings. The molecule has 1 N–H and O–H groups in total. The first-order valence-corrected chi connectivity index (χ1v) is 10.3. The lowest BCUT2D eigenvalue weighted by Crippen LogP contribution is -2.47. The average molecular weight is 399 g/mol. The molecule has 0 aliphatic rings. The molecule has 3 amide bonds. The number of nitrogens with zero attached hydrogens (tertiary/aromatic N) is 3. The fourth-order valence-electron chi connectivity index (χ4n) is 3.13. The Balaban J connectivity index is 2.11. The van der Waals surface area contributed by atoms with Crippen LogP contribution < -0.4 is 5.32 Å². The monoisotopic (exact) mass is 398 g/mol. The molecule has 158 valence electrons. The third kappa shape index (κ3) is 6.38. The van der Waals surface area contributed by atoms with E-state index in [1.54, 1.807) is 4.90 Å². The minimum atomic E-state index is -0.253. The second-order valence-electron chi connectivity index (χ2n) is 7.75. The summed E-state index contributed by atoms with van der Waals surface area (Å²) < 4.78 is 2.03. The minimum absolute atomic E-state index is 0.0340. The second kappa shape index (κ2) is 10.7. The molecular weight excluding hydrogens is 364 g/mol. The predicted molar refractivity (Wildman–Crippen MR) is 118 cm³/mol. The molecule has 1 aromatic carbocycles. The largest absolute Gasteiger partial charge is 0.353 e. The van der Waals surface area contributed by atoms with Gasteiger partial charge in [0.15, 0.2) is 0 Å². The fourth-order valence-corrected chi connectivity index (χ4v) is 3.13. The van der Waals surface area contributed by atoms with Crippen molar-refractivity contribution < 1.29 is 9.59 Å². The number of hydrogen-bond acceptors (Lipinski definition) is 2. The highest BCUT2D eigenvalue weighted by Gasteiger charge is 2.24. The molecule has 2 rings (SSSR count). The van der Waals surface area contributed by atoms with E-state index in [9.17, 15) is 9.59 Å². The molecule has 0 saturated carbocycles. The average Bonchev–Trinajstić information content (AvgIpc) is 3.08. The van der Waals surface area contributed by atoms with Gasteiger partial charge in [0.25, 0.3) is 0 Å². The maximum absolute atomic E-state index is 13.1. The van der Waals surface area contributed by atoms with E-state index < -0.39 is 0 Å². The number of rotatable bonds is 9. The van der Waals surface area contributed by atoms with Gasteiger partial charge in [-0.25, -0.2) is 4.79 Å². The van der Waals surface area contributed by atoms with Crippen LogP contribution in [0.1, 0.15) is 44.9 Å². The topological polar surface area (TPSA) is 57.6 Å². The van der Waals surface area contributed by atoms with Crippen LogP contribution in [-0.2, 0) is 18.4 Å². The van der Waals surface area contributed by atoms with E-state index in [1.807, 2.05) is 79.9 Å². The van der Waals surface area contributed by atoms with E-state index >= 15 is 0 Å². The Bertz CT molecular complexity index is 813. The number of aromatic nitrogens is 1. The first-order chi connectivity index (χ1) is 13.8. The zero-order valence-corrected chi connectivity index (χ0v) is 18.3. The number of hydrogen-bond donors (Lipinski definition) is 1. The Morgan fingerprint density at radius 3 is 2.45 bits per heavy atom. The predicted octanol–water partition coefficient (Wildman–Crippen LogP) is 4.40. The van der Waals surface area contributed by atoms with E-state index in [4.69, 9.17) is 0 Å². The normalized spacial score (nSPS) is 10.8. The molecule has 0 unspecified atom stereocenters. The maximum atomic E-state index is 13.1. The lowest BCUT2D eigenvalue weighted by Gasteiger charge is -2.30. The number of unbranched alkanes of at least 4 members (excludes halogenated alkanes) is 1. The summed E-state index contributed by atoms with van der Waals surface area (Å²) in [4.78, 5) is 29.5. The highest BCUT2D eigenvalue weighted by molar-refractivity contribution is 5.93. The Labute approximate surface area is 174 Å². The molecule has 0 bridgehead atoms. The first-order valence-electron chi connectivity index (χ1n) is 10.3. The molecule has 1 heterocycles. The number of urea groups is 1. The van der Waals surface area contributed by atoms with E-state index in [0.717, 1.165) is 29.8 Å². The number of amides is 3. The van der Waals surface area contributed by atoms with Gasteiger partial charge in [-0.3, -0.25) is 4.79 Å². The molecule has 1 aromatic heterocycles. The van der Waals surface area contributed by atoms with Crippen LogP contribution in [0.15, 0.2) is 42.6 Å². The van der Waals surface area contributed by atoms with Crippen LogP contribution in [0.3, 0.4) is 0 Å². The maximum Gasteiger partial charge on any atom is 0.322 e. The van der Waals surface area contributed by atoms with Gasteiger partial charge < -0.3 is 19.7 Å². The molecule has 6 nitrogen and oxygen atoms in total. The van der Waals surface area contributed by atoms with Crippen LogP contribution in [0.5, 0.6) is 0 Å². The van der Waals surface area contributed by atoms with E-state index in [2.05, 4.69) is 12.2 Å². The van der Waals surface area contributed by atoms with Crippen molar-refractivity contribution >= 4 is 17.6 Å². The molecule has 0 aliphatic heterocycles. The number of benzene rings is 1. The van der Waals surface area contributed by atoms with Crippen LogP contribution in [0.4, 0.5) is 10.5 Å². The Kier molecular flexibility index (Phi) is 8.31. The summed E-state index contributed by atoms with van der Waals surface area (Å²) in [5.41, 5.74) is 2.83. The summed E-state index contributed by atoms with van der Waals surface area (Å²) in [5, 5.41) is 2.95. The van der Waals surface area contributed by atoms with E-state index in [-0.39, 0.29) is 24.5 Å². The molecule has 0 radical (unpaired) electrons. The molecule has 29 heavy (non-hydrogen) atoms. The quantitative estimate of drug-likeness (QED) is 0.680. The summed E-state index contributed by atoms with van der Waals surface area (Å²) in [6.07, 6.45) is 3.93. The highest BCUT2D eigenvalue weighted by atomic mass is 16.2. The summed E-state index contributed by atoms with van der Waals surface area (Å²) in [5.74, 6) is -0.0340. The van der Waals surface area contributed by atoms with Crippen molar-refractivity contribution in [2.45, 2.75) is 53.1 Å². The van der Waals surface area contributed by atoms with Crippen molar-refractivity contribution in [3.05, 3.63) is 53.9 Å². The standard InChI is InChI=1S/C23H34N4O2/c1-6-7-15-26(16-20-12-10-14-25(20)5)22(28)17-27(18(2)3)23(29)24-21-13-9-8-11-19(21)4/h8-14,18H,6-7,15-17H2,1-5H3,(H,24,29). The summed E-state index contributed by atoms with van der Waals surface area (Å²) in [6, 6.07) is 11.3. The molecule has 0 atom stereocenters. The third-order valence-electron chi connectivity index (χ3n) is 5.11. The molecular formula is C23H34N4O2. The van der Waals surface area contributed by atoms with Gasteiger partial charge in [0, 0.05) is 37.2 Å². The molecule has 0 spiro atoms. The number of carbonyl (C=O) groups excluding carboxylic acids is 2. The second-order valence-corrected chi connectivity index (χ2v) is 7.75. The van der Waals surface area contributed by atoms with Crippen molar-refractivity contribution in [1.82, 2.24) is 14.4 Å². The first kappa shape index (κ1) is 22.5. The van der Waals surface area contributed by atoms with Gasteiger partial charge in [-0.15, -0.1) is 0 Å². The van der Waals surface area contributed by atoms with Gasteiger partial charge >= 0.3 is 6.03 Å². The van der Waals surface area contributed by atoms with Gasteiger partial charge in [-0.1, -0.05) is 31.5 Å². The van der Waals surface area contributed by atoms with Gasteiger partial charge in [0.05, 0.1) is 6.54 Å². The van der Waals surface area contributed by atoms with Crippen LogP contribution in [0.25, 0.3) is 0 Å². The zero-order chi connectivity index (χ0) is 21.4. The Morgan fingerprint density at radius 2 is 1.86 bits per heavy atom. The SMILES string of the molecule is CCCCN(Cc1cccn1C)C(=O)CN(C(=O)Nc1ccccc1C)C(C)C. The molecule has 6 heteroatoms. The van der Waals surface area contributed by atoms with Crippen molar-refractivity contribution in [2.24, 2.45) is 7.05 Å². The van der Waals surface area contributed by atoms with Crippen LogP contribution in [0.2, 0.25) is 0 Å².